The summed E-state index contributed by atoms with van der Waals surface area (Å²) in [6, 6.07) is 10.9. The lowest BCUT2D eigenvalue weighted by molar-refractivity contribution is 0.0690. The van der Waals surface area contributed by atoms with Gasteiger partial charge in [-0.25, -0.2) is 4.79 Å². The van der Waals surface area contributed by atoms with Gasteiger partial charge in [-0.1, -0.05) is 24.3 Å². The molecule has 0 aliphatic heterocycles. The summed E-state index contributed by atoms with van der Waals surface area (Å²) >= 11 is 0. The molecule has 0 aromatic heterocycles. The van der Waals surface area contributed by atoms with Crippen molar-refractivity contribution in [3.05, 3.63) is 42.0 Å². The Labute approximate surface area is 105 Å². The highest BCUT2D eigenvalue weighted by Gasteiger charge is 2.12. The van der Waals surface area contributed by atoms with Gasteiger partial charge in [0.2, 0.25) is 0 Å². The largest absolute Gasteiger partial charge is 0.490 e. The van der Waals surface area contributed by atoms with Crippen LogP contribution in [0.15, 0.2) is 36.4 Å². The summed E-state index contributed by atoms with van der Waals surface area (Å²) in [5.41, 5.74) is 0.171. The highest BCUT2D eigenvalue weighted by atomic mass is 16.5. The molecule has 4 heteroatoms. The van der Waals surface area contributed by atoms with Gasteiger partial charge in [-0.2, -0.15) is 0 Å². The van der Waals surface area contributed by atoms with E-state index in [1.807, 2.05) is 24.3 Å². The first-order chi connectivity index (χ1) is 8.72. The van der Waals surface area contributed by atoms with Crippen LogP contribution in [0, 0.1) is 0 Å². The third-order valence-electron chi connectivity index (χ3n) is 2.62. The van der Waals surface area contributed by atoms with Gasteiger partial charge >= 0.3 is 5.97 Å². The van der Waals surface area contributed by atoms with Crippen molar-refractivity contribution in [1.82, 2.24) is 0 Å². The second-order valence-corrected chi connectivity index (χ2v) is 3.84. The zero-order valence-electron chi connectivity index (χ0n) is 10.1. The van der Waals surface area contributed by atoms with Crippen LogP contribution < -0.4 is 4.74 Å². The van der Waals surface area contributed by atoms with E-state index < -0.39 is 5.97 Å². The molecule has 0 radical (unpaired) electrons. The van der Waals surface area contributed by atoms with Crippen LogP contribution in [0.5, 0.6) is 5.75 Å². The molecule has 0 saturated carbocycles. The Hall–Kier alpha value is -2.07. The molecule has 0 aliphatic rings. The van der Waals surface area contributed by atoms with Crippen molar-refractivity contribution in [3.63, 3.8) is 0 Å². The Morgan fingerprint density at radius 2 is 1.83 bits per heavy atom. The number of methoxy groups -OCH3 is 1. The first kappa shape index (κ1) is 12.4. The fourth-order valence-electron chi connectivity index (χ4n) is 1.74. The van der Waals surface area contributed by atoms with Crippen LogP contribution >= 0.6 is 0 Å². The molecular weight excluding hydrogens is 232 g/mol. The van der Waals surface area contributed by atoms with Gasteiger partial charge in [0.05, 0.1) is 6.61 Å². The molecule has 1 N–H and O–H groups in total. The fourth-order valence-corrected chi connectivity index (χ4v) is 1.74. The van der Waals surface area contributed by atoms with E-state index in [0.29, 0.717) is 19.0 Å². The van der Waals surface area contributed by atoms with Crippen molar-refractivity contribution in [2.75, 3.05) is 20.3 Å². The van der Waals surface area contributed by atoms with Crippen LogP contribution in [0.3, 0.4) is 0 Å². The summed E-state index contributed by atoms with van der Waals surface area (Å²) in [6.07, 6.45) is 0. The second-order valence-electron chi connectivity index (χ2n) is 3.84. The van der Waals surface area contributed by atoms with Crippen molar-refractivity contribution in [1.29, 1.82) is 0 Å². The molecule has 0 aliphatic carbocycles. The summed E-state index contributed by atoms with van der Waals surface area (Å²) in [4.78, 5) is 11.2. The molecule has 0 heterocycles. The van der Waals surface area contributed by atoms with E-state index in [-0.39, 0.29) is 5.56 Å². The van der Waals surface area contributed by atoms with Crippen molar-refractivity contribution >= 4 is 16.7 Å². The lowest BCUT2D eigenvalue weighted by atomic mass is 10.1. The van der Waals surface area contributed by atoms with Gasteiger partial charge in [0.25, 0.3) is 0 Å². The molecule has 0 unspecified atom stereocenters. The number of carbonyl (C=O) groups is 1. The number of hydrogen-bond donors (Lipinski definition) is 1. The average molecular weight is 246 g/mol. The molecule has 0 bridgehead atoms. The minimum absolute atomic E-state index is 0.171. The summed E-state index contributed by atoms with van der Waals surface area (Å²) in [5, 5.41) is 11.0. The Morgan fingerprint density at radius 3 is 2.44 bits per heavy atom. The molecule has 2 aromatic carbocycles. The lowest BCUT2D eigenvalue weighted by Crippen LogP contribution is -2.08. The van der Waals surface area contributed by atoms with Crippen molar-refractivity contribution in [3.8, 4) is 5.75 Å². The number of ether oxygens (including phenoxy) is 2. The van der Waals surface area contributed by atoms with Crippen molar-refractivity contribution in [2.24, 2.45) is 0 Å². The quantitative estimate of drug-likeness (QED) is 0.824. The van der Waals surface area contributed by atoms with Gasteiger partial charge in [-0.05, 0) is 22.9 Å². The molecule has 18 heavy (non-hydrogen) atoms. The van der Waals surface area contributed by atoms with E-state index in [4.69, 9.17) is 9.47 Å². The van der Waals surface area contributed by atoms with E-state index in [0.717, 1.165) is 10.8 Å². The molecule has 94 valence electrons. The van der Waals surface area contributed by atoms with Gasteiger partial charge in [0.1, 0.15) is 17.9 Å². The molecule has 2 rings (SSSR count). The molecule has 0 amide bonds. The van der Waals surface area contributed by atoms with E-state index in [1.54, 1.807) is 19.2 Å². The van der Waals surface area contributed by atoms with Crippen LogP contribution in [0.2, 0.25) is 0 Å². The summed E-state index contributed by atoms with van der Waals surface area (Å²) in [7, 11) is 1.57. The molecular formula is C14H14O4. The Bertz CT molecular complexity index is 563. The Morgan fingerprint density at radius 1 is 1.17 bits per heavy atom. The standard InChI is InChI=1S/C14H14O4/c1-17-6-7-18-13-9-11-5-3-2-4-10(11)8-12(13)14(15)16/h2-5,8-9H,6-7H2,1H3,(H,15,16). The Balaban J connectivity index is 2.41. The number of benzene rings is 2. The van der Waals surface area contributed by atoms with Crippen LogP contribution in [0.4, 0.5) is 0 Å². The number of aromatic carboxylic acids is 1. The van der Waals surface area contributed by atoms with Gasteiger partial charge < -0.3 is 14.6 Å². The van der Waals surface area contributed by atoms with Crippen molar-refractivity contribution in [2.45, 2.75) is 0 Å². The number of fused-ring (bicyclic) bond motifs is 1. The maximum absolute atomic E-state index is 11.2. The number of hydrogen-bond acceptors (Lipinski definition) is 3. The Kier molecular flexibility index (Phi) is 3.79. The van der Waals surface area contributed by atoms with Gasteiger partial charge in [-0.3, -0.25) is 0 Å². The summed E-state index contributed by atoms with van der Waals surface area (Å²) in [5.74, 6) is -0.619. The minimum atomic E-state index is -0.992. The van der Waals surface area contributed by atoms with E-state index in [2.05, 4.69) is 0 Å². The maximum Gasteiger partial charge on any atom is 0.339 e. The van der Waals surface area contributed by atoms with Gasteiger partial charge in [0, 0.05) is 7.11 Å². The first-order valence-corrected chi connectivity index (χ1v) is 5.60. The zero-order chi connectivity index (χ0) is 13.0. The molecule has 0 spiro atoms. The van der Waals surface area contributed by atoms with Crippen LogP contribution in [0.25, 0.3) is 10.8 Å². The third-order valence-corrected chi connectivity index (χ3v) is 2.62. The van der Waals surface area contributed by atoms with Crippen LogP contribution in [0.1, 0.15) is 10.4 Å². The van der Waals surface area contributed by atoms with E-state index >= 15 is 0 Å². The molecule has 4 nitrogen and oxygen atoms in total. The fraction of sp³-hybridized carbons (Fsp3) is 0.214. The summed E-state index contributed by atoms with van der Waals surface area (Å²) < 4.78 is 10.3. The van der Waals surface area contributed by atoms with Gasteiger partial charge in [0.15, 0.2) is 0 Å². The SMILES string of the molecule is COCCOc1cc2ccccc2cc1C(=O)O. The van der Waals surface area contributed by atoms with Crippen LogP contribution in [-0.4, -0.2) is 31.4 Å². The molecule has 0 fully saturated rings. The number of carboxylic acids is 1. The van der Waals surface area contributed by atoms with E-state index in [9.17, 15) is 9.90 Å². The maximum atomic E-state index is 11.2. The predicted octanol–water partition coefficient (Wildman–Crippen LogP) is 2.56. The molecule has 0 atom stereocenters. The topological polar surface area (TPSA) is 55.8 Å². The predicted molar refractivity (Wildman–Crippen MR) is 68.3 cm³/mol. The number of carboxylic acid groups (broad SMARTS) is 1. The monoisotopic (exact) mass is 246 g/mol. The number of rotatable bonds is 5. The van der Waals surface area contributed by atoms with E-state index in [1.165, 1.54) is 0 Å². The average Bonchev–Trinajstić information content (AvgIpc) is 2.38. The van der Waals surface area contributed by atoms with Crippen molar-refractivity contribution < 1.29 is 19.4 Å². The molecule has 2 aromatic rings. The van der Waals surface area contributed by atoms with Crippen LogP contribution in [-0.2, 0) is 4.74 Å². The molecule has 0 saturated heterocycles. The smallest absolute Gasteiger partial charge is 0.339 e. The minimum Gasteiger partial charge on any atom is -0.490 e. The third kappa shape index (κ3) is 2.60. The van der Waals surface area contributed by atoms with Gasteiger partial charge in [-0.15, -0.1) is 0 Å². The first-order valence-electron chi connectivity index (χ1n) is 5.60. The lowest BCUT2D eigenvalue weighted by Gasteiger charge is -2.10. The second kappa shape index (κ2) is 5.51. The normalized spacial score (nSPS) is 10.5. The highest BCUT2D eigenvalue weighted by Crippen LogP contribution is 2.26. The highest BCUT2D eigenvalue weighted by molar-refractivity contribution is 5.97. The summed E-state index contributed by atoms with van der Waals surface area (Å²) in [6.45, 7) is 0.751. The zero-order valence-corrected chi connectivity index (χ0v) is 10.1.